The molecular formula is C28H43N3O7. The first-order valence-electron chi connectivity index (χ1n) is 13.8. The van der Waals surface area contributed by atoms with Crippen LogP contribution in [0.4, 0.5) is 0 Å². The van der Waals surface area contributed by atoms with Gasteiger partial charge in [0.05, 0.1) is 24.5 Å². The molecule has 0 radical (unpaired) electrons. The van der Waals surface area contributed by atoms with Gasteiger partial charge in [-0.1, -0.05) is 25.5 Å². The number of carbonyl (C=O) groups excluding carboxylic acids is 4. The van der Waals surface area contributed by atoms with Crippen LogP contribution in [0, 0.1) is 11.8 Å². The molecule has 212 valence electrons. The Hall–Kier alpha value is -2.72. The second-order valence-corrected chi connectivity index (χ2v) is 10.5. The van der Waals surface area contributed by atoms with E-state index >= 15 is 0 Å². The zero-order valence-corrected chi connectivity index (χ0v) is 22.7. The third-order valence-electron chi connectivity index (χ3n) is 7.79. The Morgan fingerprint density at radius 1 is 1.32 bits per heavy atom. The van der Waals surface area contributed by atoms with Crippen molar-refractivity contribution in [1.29, 1.82) is 0 Å². The van der Waals surface area contributed by atoms with Crippen LogP contribution >= 0.6 is 0 Å². The molecule has 3 saturated heterocycles. The first kappa shape index (κ1) is 29.8. The average molecular weight is 534 g/mol. The molecule has 10 heteroatoms. The molecule has 2 N–H and O–H groups in total. The summed E-state index contributed by atoms with van der Waals surface area (Å²) in [4.78, 5) is 56.2. The van der Waals surface area contributed by atoms with Crippen molar-refractivity contribution < 1.29 is 33.8 Å². The highest BCUT2D eigenvalue weighted by molar-refractivity contribution is 5.98. The molecule has 3 fully saturated rings. The maximum absolute atomic E-state index is 13.9. The number of rotatable bonds is 16. The van der Waals surface area contributed by atoms with Gasteiger partial charge in [-0.15, -0.1) is 13.2 Å². The predicted octanol–water partition coefficient (Wildman–Crippen LogP) is 1.57. The van der Waals surface area contributed by atoms with E-state index in [4.69, 9.17) is 9.47 Å². The largest absolute Gasteiger partial charge is 0.460 e. The first-order chi connectivity index (χ1) is 18.2. The lowest BCUT2D eigenvalue weighted by Gasteiger charge is -2.36. The second kappa shape index (κ2) is 13.4. The first-order valence-corrected chi connectivity index (χ1v) is 13.8. The molecule has 0 aromatic carbocycles. The van der Waals surface area contributed by atoms with Crippen LogP contribution in [0.1, 0.15) is 58.8 Å². The molecule has 0 aromatic heterocycles. The fraction of sp³-hybridized carbons (Fsp3) is 0.714. The van der Waals surface area contributed by atoms with Gasteiger partial charge in [0.2, 0.25) is 17.7 Å². The molecule has 0 aliphatic carbocycles. The minimum Gasteiger partial charge on any atom is -0.460 e. The Labute approximate surface area is 225 Å². The molecule has 38 heavy (non-hydrogen) atoms. The Balaban J connectivity index is 1.80. The SMILES string of the molecule is C=CCCC(=O)NC[C@H](C)OC(=O)[C@@H]1[C@H]2C(=O)N(CCCO)[C@H](C(=O)N(CC=C)CCCC)[C@]23CC[C@H]1O3. The number of amides is 3. The van der Waals surface area contributed by atoms with E-state index in [0.717, 1.165) is 12.8 Å². The van der Waals surface area contributed by atoms with Crippen molar-refractivity contribution in [2.75, 3.05) is 32.8 Å². The van der Waals surface area contributed by atoms with Crippen molar-refractivity contribution >= 4 is 23.7 Å². The smallest absolute Gasteiger partial charge is 0.312 e. The highest BCUT2D eigenvalue weighted by Gasteiger charge is 2.75. The Bertz CT molecular complexity index is 909. The number of hydrogen-bond donors (Lipinski definition) is 2. The van der Waals surface area contributed by atoms with Gasteiger partial charge in [0, 0.05) is 32.7 Å². The Kier molecular flexibility index (Phi) is 10.5. The summed E-state index contributed by atoms with van der Waals surface area (Å²) in [5, 5.41) is 12.2. The molecule has 2 bridgehead atoms. The van der Waals surface area contributed by atoms with E-state index in [1.807, 2.05) is 6.92 Å². The van der Waals surface area contributed by atoms with Crippen molar-refractivity contribution in [1.82, 2.24) is 15.1 Å². The van der Waals surface area contributed by atoms with Crippen LogP contribution in [0.3, 0.4) is 0 Å². The van der Waals surface area contributed by atoms with Crippen molar-refractivity contribution in [3.8, 4) is 0 Å². The number of unbranched alkanes of at least 4 members (excludes halogenated alkanes) is 1. The van der Waals surface area contributed by atoms with Crippen molar-refractivity contribution in [2.45, 2.75) is 82.6 Å². The minimum atomic E-state index is -1.11. The fourth-order valence-electron chi connectivity index (χ4n) is 6.05. The number of hydrogen-bond acceptors (Lipinski definition) is 7. The maximum atomic E-state index is 13.9. The lowest BCUT2D eigenvalue weighted by molar-refractivity contribution is -0.159. The van der Waals surface area contributed by atoms with Gasteiger partial charge >= 0.3 is 5.97 Å². The van der Waals surface area contributed by atoms with Gasteiger partial charge in [-0.2, -0.15) is 0 Å². The van der Waals surface area contributed by atoms with Crippen LogP contribution in [0.5, 0.6) is 0 Å². The van der Waals surface area contributed by atoms with E-state index in [1.165, 1.54) is 4.90 Å². The molecule has 3 aliphatic heterocycles. The summed E-state index contributed by atoms with van der Waals surface area (Å²) in [6, 6.07) is -0.868. The lowest BCUT2D eigenvalue weighted by atomic mass is 9.70. The highest BCUT2D eigenvalue weighted by atomic mass is 16.6. The number of esters is 1. The summed E-state index contributed by atoms with van der Waals surface area (Å²) in [5.74, 6) is -2.88. The number of nitrogens with one attached hydrogen (secondary N) is 1. The molecule has 3 rings (SSSR count). The topological polar surface area (TPSA) is 125 Å². The standard InChI is InChI=1S/C28H43N3O7/c1-5-8-11-21(33)29-18-19(4)37-27(36)22-20-12-13-28(38-20)23(22)25(34)31(16-10-17-32)24(28)26(35)30(14-7-3)15-9-6-2/h5,7,19-20,22-24,32H,1,3,6,8-18H2,2,4H3,(H,29,33)/t19-,20+,22-,23-,24+,28-/m0/s1. The molecule has 3 amide bonds. The van der Waals surface area contributed by atoms with Crippen LogP contribution in [0.15, 0.2) is 25.3 Å². The van der Waals surface area contributed by atoms with E-state index in [1.54, 1.807) is 24.0 Å². The van der Waals surface area contributed by atoms with E-state index in [2.05, 4.69) is 18.5 Å². The number of allylic oxidation sites excluding steroid dienone is 1. The molecule has 1 spiro atoms. The monoisotopic (exact) mass is 533 g/mol. The van der Waals surface area contributed by atoms with Crippen LogP contribution < -0.4 is 5.32 Å². The molecule has 3 aliphatic rings. The van der Waals surface area contributed by atoms with Gasteiger partial charge in [-0.05, 0) is 39.0 Å². The average Bonchev–Trinajstić information content (AvgIpc) is 3.54. The number of fused-ring (bicyclic) bond motifs is 1. The van der Waals surface area contributed by atoms with Crippen molar-refractivity contribution in [3.05, 3.63) is 25.3 Å². The van der Waals surface area contributed by atoms with Crippen LogP contribution in [0.25, 0.3) is 0 Å². The van der Waals surface area contributed by atoms with Gasteiger partial charge in [0.15, 0.2) is 0 Å². The zero-order chi connectivity index (χ0) is 27.9. The van der Waals surface area contributed by atoms with Gasteiger partial charge in [0.25, 0.3) is 0 Å². The third kappa shape index (κ3) is 5.96. The van der Waals surface area contributed by atoms with Gasteiger partial charge < -0.3 is 29.7 Å². The van der Waals surface area contributed by atoms with Crippen LogP contribution in [-0.2, 0) is 28.7 Å². The predicted molar refractivity (Wildman–Crippen MR) is 141 cm³/mol. The summed E-state index contributed by atoms with van der Waals surface area (Å²) in [5.41, 5.74) is -1.11. The number of ether oxygens (including phenoxy) is 2. The summed E-state index contributed by atoms with van der Waals surface area (Å²) < 4.78 is 12.1. The molecule has 0 aromatic rings. The quantitative estimate of drug-likeness (QED) is 0.228. The summed E-state index contributed by atoms with van der Waals surface area (Å²) >= 11 is 0. The summed E-state index contributed by atoms with van der Waals surface area (Å²) in [6.45, 7) is 12.2. The third-order valence-corrected chi connectivity index (χ3v) is 7.79. The van der Waals surface area contributed by atoms with Gasteiger partial charge in [0.1, 0.15) is 17.7 Å². The van der Waals surface area contributed by atoms with E-state index < -0.39 is 41.7 Å². The molecule has 3 heterocycles. The fourth-order valence-corrected chi connectivity index (χ4v) is 6.05. The number of nitrogens with zero attached hydrogens (tertiary/aromatic N) is 2. The maximum Gasteiger partial charge on any atom is 0.312 e. The van der Waals surface area contributed by atoms with Crippen molar-refractivity contribution in [2.24, 2.45) is 11.8 Å². The van der Waals surface area contributed by atoms with Crippen molar-refractivity contribution in [3.63, 3.8) is 0 Å². The van der Waals surface area contributed by atoms with Crippen LogP contribution in [0.2, 0.25) is 0 Å². The summed E-state index contributed by atoms with van der Waals surface area (Å²) in [6.07, 6.45) is 6.17. The normalized spacial score (nSPS) is 28.1. The number of likely N-dealkylation sites (tertiary alicyclic amines) is 1. The Morgan fingerprint density at radius 2 is 2.08 bits per heavy atom. The van der Waals surface area contributed by atoms with Gasteiger partial charge in [-0.25, -0.2) is 0 Å². The molecular weight excluding hydrogens is 490 g/mol. The molecule has 0 unspecified atom stereocenters. The molecule has 10 nitrogen and oxygen atoms in total. The second-order valence-electron chi connectivity index (χ2n) is 10.5. The zero-order valence-electron chi connectivity index (χ0n) is 22.7. The van der Waals surface area contributed by atoms with E-state index in [0.29, 0.717) is 45.2 Å². The van der Waals surface area contributed by atoms with E-state index in [-0.39, 0.29) is 37.4 Å². The number of aliphatic hydroxyl groups is 1. The summed E-state index contributed by atoms with van der Waals surface area (Å²) in [7, 11) is 0. The highest BCUT2D eigenvalue weighted by Crippen LogP contribution is 2.58. The lowest BCUT2D eigenvalue weighted by Crippen LogP contribution is -2.56. The molecule has 6 atom stereocenters. The van der Waals surface area contributed by atoms with Crippen LogP contribution in [-0.4, -0.2) is 95.2 Å². The minimum absolute atomic E-state index is 0.125. The Morgan fingerprint density at radius 3 is 2.74 bits per heavy atom. The molecule has 0 saturated carbocycles. The number of carbonyl (C=O) groups is 4. The number of aliphatic hydroxyl groups excluding tert-OH is 1. The van der Waals surface area contributed by atoms with Gasteiger partial charge in [-0.3, -0.25) is 19.2 Å². The van der Waals surface area contributed by atoms with E-state index in [9.17, 15) is 24.3 Å².